The number of hydrogen-bond acceptors (Lipinski definition) is 0. The zero-order valence-corrected chi connectivity index (χ0v) is 16.2. The van der Waals surface area contributed by atoms with E-state index in [1.54, 1.807) is 0 Å². The van der Waals surface area contributed by atoms with Crippen LogP contribution < -0.4 is 24.8 Å². The van der Waals surface area contributed by atoms with Crippen LogP contribution in [0.4, 0.5) is 0 Å². The van der Waals surface area contributed by atoms with Crippen molar-refractivity contribution in [3.8, 4) is 0 Å². The fourth-order valence-corrected chi connectivity index (χ4v) is 1.96. The Labute approximate surface area is 150 Å². The monoisotopic (exact) mass is 374 g/mol. The fraction of sp³-hybridized carbons (Fsp3) is 0.500. The Balaban J connectivity index is -0.000000233. The molecule has 2 aliphatic rings. The molecule has 2 aliphatic carbocycles. The number of allylic oxidation sites excluding steroid dienone is 8. The van der Waals surface area contributed by atoms with Crippen molar-refractivity contribution in [1.29, 1.82) is 0 Å². The Morgan fingerprint density at radius 1 is 0.842 bits per heavy atom. The van der Waals surface area contributed by atoms with Crippen LogP contribution in [-0.4, -0.2) is 0 Å². The van der Waals surface area contributed by atoms with Crippen LogP contribution in [-0.2, 0) is 26.2 Å². The van der Waals surface area contributed by atoms with Gasteiger partial charge in [0.1, 0.15) is 0 Å². The van der Waals surface area contributed by atoms with E-state index in [4.69, 9.17) is 0 Å². The summed E-state index contributed by atoms with van der Waals surface area (Å²) >= 11 is 0. The van der Waals surface area contributed by atoms with Gasteiger partial charge in [0.05, 0.1) is 0 Å². The molecule has 0 radical (unpaired) electrons. The first-order chi connectivity index (χ1) is 7.69. The van der Waals surface area contributed by atoms with Gasteiger partial charge in [-0.2, -0.15) is 12.2 Å². The summed E-state index contributed by atoms with van der Waals surface area (Å²) in [6, 6.07) is 0. The maximum Gasteiger partial charge on any atom is 4.00 e. The molecule has 0 N–H and O–H groups in total. The Morgan fingerprint density at radius 2 is 1.16 bits per heavy atom. The second kappa shape index (κ2) is 13.4. The Morgan fingerprint density at radius 3 is 1.26 bits per heavy atom. The van der Waals surface area contributed by atoms with E-state index in [1.807, 2.05) is 0 Å². The Kier molecular flexibility index (Phi) is 17.2. The van der Waals surface area contributed by atoms with Gasteiger partial charge in [-0.25, -0.2) is 22.3 Å². The van der Waals surface area contributed by atoms with Crippen LogP contribution in [0, 0.1) is 12.2 Å². The van der Waals surface area contributed by atoms with Gasteiger partial charge >= 0.3 is 26.2 Å². The molecule has 0 aromatic carbocycles. The summed E-state index contributed by atoms with van der Waals surface area (Å²) in [7, 11) is 0. The standard InChI is InChI=1S/2C8H11.2ClH.Zr/c2*1-3-8-6-4-5-7(8)2;;;/h2*4H,3,5H2,1-2H3;2*1H;/q2*-1;;;+4/p-2. The zero-order chi connectivity index (χ0) is 12.0. The molecule has 0 aromatic rings. The van der Waals surface area contributed by atoms with Crippen LogP contribution in [0.1, 0.15) is 53.4 Å². The average molecular weight is 376 g/mol. The molecular formula is C16H22Cl2Zr. The second-order valence-electron chi connectivity index (χ2n) is 4.33. The van der Waals surface area contributed by atoms with Crippen molar-refractivity contribution in [1.82, 2.24) is 0 Å². The quantitative estimate of drug-likeness (QED) is 0.540. The predicted molar refractivity (Wildman–Crippen MR) is 70.8 cm³/mol. The van der Waals surface area contributed by atoms with E-state index in [0.29, 0.717) is 0 Å². The molecule has 0 aliphatic heterocycles. The summed E-state index contributed by atoms with van der Waals surface area (Å²) in [6.07, 6.45) is 15.2. The summed E-state index contributed by atoms with van der Waals surface area (Å²) < 4.78 is 0. The van der Waals surface area contributed by atoms with Gasteiger partial charge < -0.3 is 24.8 Å². The van der Waals surface area contributed by atoms with E-state index in [2.05, 4.69) is 52.0 Å². The molecule has 0 spiro atoms. The third-order valence-corrected chi connectivity index (χ3v) is 3.11. The van der Waals surface area contributed by atoms with E-state index in [-0.39, 0.29) is 51.0 Å². The first-order valence-electron chi connectivity index (χ1n) is 6.22. The van der Waals surface area contributed by atoms with Crippen LogP contribution >= 0.6 is 0 Å². The minimum Gasteiger partial charge on any atom is -1.00 e. The van der Waals surface area contributed by atoms with Crippen LogP contribution in [0.15, 0.2) is 34.4 Å². The van der Waals surface area contributed by atoms with Crippen molar-refractivity contribution in [2.75, 3.05) is 0 Å². The first-order valence-corrected chi connectivity index (χ1v) is 6.22. The van der Waals surface area contributed by atoms with Gasteiger partial charge in [0, 0.05) is 0 Å². The zero-order valence-electron chi connectivity index (χ0n) is 12.2. The normalized spacial score (nSPS) is 15.4. The molecule has 0 unspecified atom stereocenters. The SMILES string of the molecule is CCC1=C(C)CC=[C-]1.CCC1=C(C)CC=[C-]1.[Cl-].[Cl-].[Zr+4]. The summed E-state index contributed by atoms with van der Waals surface area (Å²) in [4.78, 5) is 0. The van der Waals surface area contributed by atoms with E-state index < -0.39 is 0 Å². The molecule has 0 saturated heterocycles. The Bertz CT molecular complexity index is 327. The van der Waals surface area contributed by atoms with Crippen LogP contribution in [0.2, 0.25) is 0 Å². The third kappa shape index (κ3) is 8.33. The maximum absolute atomic E-state index is 3.21. The predicted octanol–water partition coefficient (Wildman–Crippen LogP) is -1.04. The topological polar surface area (TPSA) is 0 Å². The van der Waals surface area contributed by atoms with Crippen molar-refractivity contribution in [2.45, 2.75) is 53.4 Å². The summed E-state index contributed by atoms with van der Waals surface area (Å²) in [5, 5.41) is 0. The van der Waals surface area contributed by atoms with Gasteiger partial charge in [0.2, 0.25) is 0 Å². The van der Waals surface area contributed by atoms with Gasteiger partial charge in [-0.05, 0) is 0 Å². The molecule has 0 bridgehead atoms. The molecule has 0 fully saturated rings. The Hall–Kier alpha value is 0.423. The molecular weight excluding hydrogens is 354 g/mol. The molecule has 19 heavy (non-hydrogen) atoms. The molecule has 104 valence electrons. The molecule has 0 heterocycles. The van der Waals surface area contributed by atoms with Crippen LogP contribution in [0.3, 0.4) is 0 Å². The molecule has 0 nitrogen and oxygen atoms in total. The largest absolute Gasteiger partial charge is 4.00 e. The van der Waals surface area contributed by atoms with E-state index in [0.717, 1.165) is 25.7 Å². The maximum atomic E-state index is 3.21. The minimum absolute atomic E-state index is 0. The van der Waals surface area contributed by atoms with Gasteiger partial charge in [-0.3, -0.25) is 12.2 Å². The van der Waals surface area contributed by atoms with Gasteiger partial charge in [0.25, 0.3) is 0 Å². The molecule has 0 saturated carbocycles. The molecule has 3 heteroatoms. The van der Waals surface area contributed by atoms with Crippen LogP contribution in [0.5, 0.6) is 0 Å². The van der Waals surface area contributed by atoms with Crippen molar-refractivity contribution in [3.05, 3.63) is 46.6 Å². The van der Waals surface area contributed by atoms with Crippen molar-refractivity contribution in [2.24, 2.45) is 0 Å². The molecule has 0 atom stereocenters. The molecule has 2 rings (SSSR count). The number of rotatable bonds is 2. The van der Waals surface area contributed by atoms with Gasteiger partial charge in [-0.15, -0.1) is 13.8 Å². The average Bonchev–Trinajstić information content (AvgIpc) is 2.87. The molecule has 0 aromatic heterocycles. The summed E-state index contributed by atoms with van der Waals surface area (Å²) in [5.74, 6) is 0. The van der Waals surface area contributed by atoms with E-state index in [9.17, 15) is 0 Å². The van der Waals surface area contributed by atoms with Crippen molar-refractivity contribution >= 4 is 0 Å². The number of hydrogen-bond donors (Lipinski definition) is 0. The van der Waals surface area contributed by atoms with Gasteiger partial charge in [-0.1, -0.05) is 39.5 Å². The first kappa shape index (κ1) is 24.4. The van der Waals surface area contributed by atoms with Gasteiger partial charge in [0.15, 0.2) is 0 Å². The third-order valence-electron chi connectivity index (χ3n) is 3.11. The van der Waals surface area contributed by atoms with Crippen molar-refractivity contribution < 1.29 is 51.0 Å². The smallest absolute Gasteiger partial charge is 1.00 e. The van der Waals surface area contributed by atoms with E-state index in [1.165, 1.54) is 22.3 Å². The van der Waals surface area contributed by atoms with E-state index >= 15 is 0 Å². The second-order valence-corrected chi connectivity index (χ2v) is 4.33. The molecule has 0 amide bonds. The number of halogens is 2. The summed E-state index contributed by atoms with van der Waals surface area (Å²) in [5.41, 5.74) is 5.80. The minimum atomic E-state index is 0. The fourth-order valence-electron chi connectivity index (χ4n) is 1.96. The van der Waals surface area contributed by atoms with Crippen LogP contribution in [0.25, 0.3) is 0 Å². The summed E-state index contributed by atoms with van der Waals surface area (Å²) in [6.45, 7) is 8.70. The van der Waals surface area contributed by atoms with Crippen molar-refractivity contribution in [3.63, 3.8) is 0 Å².